The Morgan fingerprint density at radius 1 is 1.12 bits per heavy atom. The minimum Gasteiger partial charge on any atom is -0.339 e. The smallest absolute Gasteiger partial charge is 0.332 e. The summed E-state index contributed by atoms with van der Waals surface area (Å²) in [6.07, 6.45) is 3.61. The Bertz CT molecular complexity index is 1280. The summed E-state index contributed by atoms with van der Waals surface area (Å²) in [5, 5.41) is 4.16. The summed E-state index contributed by atoms with van der Waals surface area (Å²) in [6, 6.07) is 6.22. The number of hydrogen-bond acceptors (Lipinski definition) is 6. The van der Waals surface area contributed by atoms with Crippen molar-refractivity contribution in [2.45, 2.75) is 58.5 Å². The van der Waals surface area contributed by atoms with Crippen molar-refractivity contribution in [3.05, 3.63) is 62.4 Å². The van der Waals surface area contributed by atoms with E-state index in [1.54, 1.807) is 22.8 Å². The topological polar surface area (TPSA) is 95.3 Å². The maximum Gasteiger partial charge on any atom is 0.332 e. The molecule has 3 aromatic rings. The first kappa shape index (κ1) is 22.1. The molecule has 0 atom stereocenters. The lowest BCUT2D eigenvalue weighted by Crippen LogP contribution is -2.41. The molecule has 1 aliphatic heterocycles. The average Bonchev–Trinajstić information content (AvgIpc) is 3.40. The second-order valence-corrected chi connectivity index (χ2v) is 8.10. The number of unbranched alkanes of at least 4 members (excludes halogenated alkanes) is 2. The van der Waals surface area contributed by atoms with Gasteiger partial charge in [-0.05, 0) is 31.4 Å². The van der Waals surface area contributed by atoms with E-state index in [-0.39, 0.29) is 35.6 Å². The monoisotopic (exact) mass is 459 g/mol. The van der Waals surface area contributed by atoms with E-state index in [2.05, 4.69) is 15.1 Å². The summed E-state index contributed by atoms with van der Waals surface area (Å²) >= 11 is 6.05. The normalized spacial score (nSPS) is 12.8. The lowest BCUT2D eigenvalue weighted by molar-refractivity contribution is 0.372. The average molecular weight is 460 g/mol. The van der Waals surface area contributed by atoms with Gasteiger partial charge in [0.2, 0.25) is 11.7 Å². The zero-order chi connectivity index (χ0) is 22.7. The first-order valence-electron chi connectivity index (χ1n) is 10.7. The molecule has 3 heterocycles. The van der Waals surface area contributed by atoms with Gasteiger partial charge in [0.1, 0.15) is 16.8 Å². The second-order valence-electron chi connectivity index (χ2n) is 7.66. The predicted molar refractivity (Wildman–Crippen MR) is 119 cm³/mol. The molecule has 0 fully saturated rings. The Balaban J connectivity index is 1.44. The van der Waals surface area contributed by atoms with Crippen LogP contribution in [0, 0.1) is 5.82 Å². The molecule has 1 aliphatic rings. The molecule has 0 spiro atoms. The third-order valence-corrected chi connectivity index (χ3v) is 5.60. The van der Waals surface area contributed by atoms with Gasteiger partial charge in [0, 0.05) is 25.9 Å². The molecule has 4 rings (SSSR count). The van der Waals surface area contributed by atoms with Crippen LogP contribution in [-0.2, 0) is 25.9 Å². The van der Waals surface area contributed by atoms with Crippen LogP contribution in [0.25, 0.3) is 11.4 Å². The Kier molecular flexibility index (Phi) is 6.64. The van der Waals surface area contributed by atoms with Gasteiger partial charge in [-0.25, -0.2) is 14.2 Å². The van der Waals surface area contributed by atoms with Gasteiger partial charge in [-0.1, -0.05) is 42.2 Å². The molecule has 0 amide bonds. The van der Waals surface area contributed by atoms with Gasteiger partial charge in [-0.15, -0.1) is 0 Å². The summed E-state index contributed by atoms with van der Waals surface area (Å²) < 4.78 is 21.9. The van der Waals surface area contributed by atoms with Crippen LogP contribution in [-0.4, -0.2) is 24.4 Å². The minimum atomic E-state index is -0.417. The number of halogens is 2. The van der Waals surface area contributed by atoms with Crippen LogP contribution in [0.4, 0.5) is 10.2 Å². The Morgan fingerprint density at radius 2 is 1.91 bits per heavy atom. The fraction of sp³-hybridized carbons (Fsp3) is 0.409. The van der Waals surface area contributed by atoms with E-state index in [0.29, 0.717) is 48.3 Å². The molecule has 0 unspecified atom stereocenters. The van der Waals surface area contributed by atoms with Crippen LogP contribution in [0.2, 0.25) is 0 Å². The number of aryl methyl sites for hydroxylation is 1. The molecule has 32 heavy (non-hydrogen) atoms. The number of benzene rings is 1. The van der Waals surface area contributed by atoms with E-state index in [0.717, 1.165) is 12.8 Å². The number of hydrogen-bond donors (Lipinski definition) is 0. The molecule has 2 aromatic heterocycles. The van der Waals surface area contributed by atoms with Crippen molar-refractivity contribution in [1.82, 2.24) is 19.3 Å². The van der Waals surface area contributed by atoms with E-state index < -0.39 is 5.82 Å². The lowest BCUT2D eigenvalue weighted by atomic mass is 10.2. The van der Waals surface area contributed by atoms with Crippen LogP contribution < -0.4 is 11.2 Å². The van der Waals surface area contributed by atoms with Crippen molar-refractivity contribution in [3.8, 4) is 11.4 Å². The molecule has 0 bridgehead atoms. The van der Waals surface area contributed by atoms with Crippen LogP contribution in [0.15, 0.2) is 43.4 Å². The third kappa shape index (κ3) is 4.43. The lowest BCUT2D eigenvalue weighted by Gasteiger charge is -2.13. The van der Waals surface area contributed by atoms with E-state index in [9.17, 15) is 14.0 Å². The maximum atomic E-state index is 13.9. The molecule has 168 valence electrons. The summed E-state index contributed by atoms with van der Waals surface area (Å²) in [7, 11) is 0. The summed E-state index contributed by atoms with van der Waals surface area (Å²) in [6.45, 7) is 2.79. The van der Waals surface area contributed by atoms with Crippen molar-refractivity contribution in [3.63, 3.8) is 0 Å². The fourth-order valence-corrected chi connectivity index (χ4v) is 3.91. The number of fused-ring (bicyclic) bond motifs is 1. The Hall–Kier alpha value is -3.07. The van der Waals surface area contributed by atoms with Crippen LogP contribution in [0.5, 0.6) is 0 Å². The van der Waals surface area contributed by atoms with E-state index in [4.69, 9.17) is 16.1 Å². The Morgan fingerprint density at radius 3 is 2.69 bits per heavy atom. The zero-order valence-electron chi connectivity index (χ0n) is 17.7. The number of aromatic nitrogens is 4. The molecular formula is C22H23ClFN5O3. The van der Waals surface area contributed by atoms with Crippen molar-refractivity contribution in [2.75, 3.05) is 0 Å². The van der Waals surface area contributed by atoms with Gasteiger partial charge in [-0.3, -0.25) is 13.9 Å². The maximum absolute atomic E-state index is 13.9. The highest BCUT2D eigenvalue weighted by molar-refractivity contribution is 6.66. The molecule has 0 N–H and O–H groups in total. The van der Waals surface area contributed by atoms with Crippen LogP contribution in [0.1, 0.15) is 44.1 Å². The quantitative estimate of drug-likeness (QED) is 0.453. The van der Waals surface area contributed by atoms with Crippen molar-refractivity contribution in [2.24, 2.45) is 4.99 Å². The molecule has 8 nitrogen and oxygen atoms in total. The molecule has 10 heteroatoms. The molecule has 0 radical (unpaired) electrons. The van der Waals surface area contributed by atoms with Crippen molar-refractivity contribution >= 4 is 22.6 Å². The highest BCUT2D eigenvalue weighted by Crippen LogP contribution is 2.24. The van der Waals surface area contributed by atoms with E-state index >= 15 is 0 Å². The van der Waals surface area contributed by atoms with E-state index in [1.165, 1.54) is 10.6 Å². The third-order valence-electron chi connectivity index (χ3n) is 5.38. The zero-order valence-corrected chi connectivity index (χ0v) is 18.4. The fourth-order valence-electron chi connectivity index (χ4n) is 3.70. The summed E-state index contributed by atoms with van der Waals surface area (Å²) in [4.78, 5) is 34.3. The summed E-state index contributed by atoms with van der Waals surface area (Å²) in [5.41, 5.74) is 0.0477. The predicted octanol–water partition coefficient (Wildman–Crippen LogP) is 3.85. The van der Waals surface area contributed by atoms with Gasteiger partial charge in [0.25, 0.3) is 5.56 Å². The van der Waals surface area contributed by atoms with Crippen LogP contribution in [0.3, 0.4) is 0 Å². The SMILES string of the molecule is CCCCn1c2c(c(=O)n(CCCCc3nc(-c4ccccc4F)no3)c1=O)CC(Cl)=N2. The number of aliphatic imine (C=N–C) groups is 1. The molecule has 0 saturated heterocycles. The van der Waals surface area contributed by atoms with Gasteiger partial charge in [0.15, 0.2) is 0 Å². The molecule has 1 aromatic carbocycles. The van der Waals surface area contributed by atoms with Crippen molar-refractivity contribution in [1.29, 1.82) is 0 Å². The first-order chi connectivity index (χ1) is 15.5. The van der Waals surface area contributed by atoms with Gasteiger partial charge in [-0.2, -0.15) is 4.98 Å². The highest BCUT2D eigenvalue weighted by atomic mass is 35.5. The Labute approximate surface area is 188 Å². The summed E-state index contributed by atoms with van der Waals surface area (Å²) in [5.74, 6) is 0.550. The largest absolute Gasteiger partial charge is 0.339 e. The van der Waals surface area contributed by atoms with Gasteiger partial charge in [0.05, 0.1) is 11.1 Å². The first-order valence-corrected chi connectivity index (χ1v) is 11.0. The second kappa shape index (κ2) is 9.60. The number of rotatable bonds is 9. The molecular weight excluding hydrogens is 437 g/mol. The van der Waals surface area contributed by atoms with Crippen LogP contribution >= 0.6 is 11.6 Å². The molecule has 0 saturated carbocycles. The van der Waals surface area contributed by atoms with Crippen molar-refractivity contribution < 1.29 is 8.91 Å². The standard InChI is InChI=1S/C22H23ClFN5O3/c1-2-3-11-28-20-15(13-17(23)25-20)21(30)29(22(28)31)12-7-6-10-18-26-19(27-32-18)14-8-4-5-9-16(14)24/h4-5,8-9H,2-3,6-7,10-13H2,1H3. The van der Waals surface area contributed by atoms with E-state index in [1.807, 2.05) is 6.92 Å². The highest BCUT2D eigenvalue weighted by Gasteiger charge is 2.24. The van der Waals surface area contributed by atoms with Gasteiger partial charge < -0.3 is 4.52 Å². The molecule has 0 aliphatic carbocycles. The number of nitrogens with zero attached hydrogens (tertiary/aromatic N) is 5. The minimum absolute atomic E-state index is 0.198. The van der Waals surface area contributed by atoms with Gasteiger partial charge >= 0.3 is 5.69 Å².